The molecule has 1 rings (SSSR count). The highest BCUT2D eigenvalue weighted by molar-refractivity contribution is 5.02. The highest BCUT2D eigenvalue weighted by Crippen LogP contribution is 1.98. The first-order chi connectivity index (χ1) is 7.82. The number of aromatic nitrogens is 2. The molecule has 0 aromatic carbocycles. The number of aliphatic hydroxyl groups excluding tert-OH is 1. The van der Waals surface area contributed by atoms with Crippen LogP contribution in [0.3, 0.4) is 0 Å². The van der Waals surface area contributed by atoms with E-state index in [1.165, 1.54) is 17.7 Å². The molecule has 0 spiro atoms. The van der Waals surface area contributed by atoms with Crippen LogP contribution in [0.15, 0.2) is 15.7 Å². The Labute approximate surface area is 99.7 Å². The summed E-state index contributed by atoms with van der Waals surface area (Å²) in [5.74, 6) is 0. The quantitative estimate of drug-likeness (QED) is 0.726. The van der Waals surface area contributed by atoms with E-state index in [0.717, 1.165) is 4.57 Å². The van der Waals surface area contributed by atoms with E-state index in [0.29, 0.717) is 18.8 Å². The fourth-order valence-corrected chi connectivity index (χ4v) is 1.72. The van der Waals surface area contributed by atoms with Crippen molar-refractivity contribution in [3.05, 3.63) is 32.6 Å². The molecule has 1 unspecified atom stereocenters. The summed E-state index contributed by atoms with van der Waals surface area (Å²) in [6, 6.07) is 1.44. The van der Waals surface area contributed by atoms with Gasteiger partial charge in [0.2, 0.25) is 0 Å². The molecule has 0 aliphatic carbocycles. The van der Waals surface area contributed by atoms with Crippen LogP contribution in [-0.2, 0) is 20.6 Å². The molecule has 96 valence electrons. The molecule has 0 aliphatic heterocycles. The first-order valence-corrected chi connectivity index (χ1v) is 5.45. The van der Waals surface area contributed by atoms with Gasteiger partial charge in [0.05, 0.1) is 6.10 Å². The van der Waals surface area contributed by atoms with Gasteiger partial charge >= 0.3 is 5.69 Å². The van der Waals surface area contributed by atoms with Gasteiger partial charge in [-0.05, 0) is 14.0 Å². The Hall–Kier alpha value is -1.40. The van der Waals surface area contributed by atoms with Gasteiger partial charge in [-0.15, -0.1) is 0 Å². The predicted molar refractivity (Wildman–Crippen MR) is 64.9 cm³/mol. The predicted octanol–water partition coefficient (Wildman–Crippen LogP) is -1.10. The van der Waals surface area contributed by atoms with Crippen molar-refractivity contribution in [1.82, 2.24) is 14.0 Å². The normalized spacial score (nSPS) is 13.1. The van der Waals surface area contributed by atoms with E-state index in [4.69, 9.17) is 0 Å². The highest BCUT2D eigenvalue weighted by atomic mass is 16.3. The molecule has 0 bridgehead atoms. The van der Waals surface area contributed by atoms with Gasteiger partial charge in [0.15, 0.2) is 0 Å². The van der Waals surface area contributed by atoms with Gasteiger partial charge in [-0.1, -0.05) is 0 Å². The lowest BCUT2D eigenvalue weighted by molar-refractivity contribution is 0.137. The number of aliphatic hydroxyl groups is 1. The molecule has 0 fully saturated rings. The van der Waals surface area contributed by atoms with Crippen LogP contribution < -0.4 is 11.2 Å². The molecule has 0 radical (unpaired) electrons. The largest absolute Gasteiger partial charge is 0.392 e. The Morgan fingerprint density at radius 3 is 2.47 bits per heavy atom. The van der Waals surface area contributed by atoms with E-state index in [9.17, 15) is 14.7 Å². The lowest BCUT2D eigenvalue weighted by Crippen LogP contribution is -2.39. The fourth-order valence-electron chi connectivity index (χ4n) is 1.72. The van der Waals surface area contributed by atoms with Crippen molar-refractivity contribution in [2.75, 3.05) is 13.6 Å². The molecule has 0 aliphatic rings. The van der Waals surface area contributed by atoms with Crippen LogP contribution in [0.1, 0.15) is 12.6 Å². The summed E-state index contributed by atoms with van der Waals surface area (Å²) < 4.78 is 2.51. The van der Waals surface area contributed by atoms with E-state index < -0.39 is 6.10 Å². The zero-order valence-corrected chi connectivity index (χ0v) is 10.7. The van der Waals surface area contributed by atoms with Crippen LogP contribution >= 0.6 is 0 Å². The molecule has 1 aromatic heterocycles. The average Bonchev–Trinajstić information content (AvgIpc) is 2.21. The second-order valence-electron chi connectivity index (χ2n) is 4.42. The minimum atomic E-state index is -0.441. The van der Waals surface area contributed by atoms with Crippen molar-refractivity contribution in [3.8, 4) is 0 Å². The summed E-state index contributed by atoms with van der Waals surface area (Å²) >= 11 is 0. The second kappa shape index (κ2) is 5.29. The van der Waals surface area contributed by atoms with Crippen LogP contribution in [-0.4, -0.2) is 38.8 Å². The SMILES string of the molecule is CC(O)CN(C)Cc1cc(=O)n(C)c(=O)n1C. The molecule has 17 heavy (non-hydrogen) atoms. The second-order valence-corrected chi connectivity index (χ2v) is 4.42. The zero-order valence-electron chi connectivity index (χ0n) is 10.7. The Morgan fingerprint density at radius 2 is 1.94 bits per heavy atom. The summed E-state index contributed by atoms with van der Waals surface area (Å²) in [7, 11) is 4.91. The molecule has 6 nitrogen and oxygen atoms in total. The van der Waals surface area contributed by atoms with Crippen LogP contribution in [0.25, 0.3) is 0 Å². The molecule has 0 saturated heterocycles. The molecule has 1 N–H and O–H groups in total. The number of nitrogens with zero attached hydrogens (tertiary/aromatic N) is 3. The molecule has 1 heterocycles. The van der Waals surface area contributed by atoms with Crippen molar-refractivity contribution < 1.29 is 5.11 Å². The molecule has 1 atom stereocenters. The molecule has 0 saturated carbocycles. The third-order valence-corrected chi connectivity index (χ3v) is 2.63. The van der Waals surface area contributed by atoms with Gasteiger partial charge in [0.25, 0.3) is 5.56 Å². The third-order valence-electron chi connectivity index (χ3n) is 2.63. The third kappa shape index (κ3) is 3.28. The lowest BCUT2D eigenvalue weighted by atomic mass is 10.3. The van der Waals surface area contributed by atoms with Crippen LogP contribution in [0, 0.1) is 0 Å². The number of likely N-dealkylation sites (N-methyl/N-ethyl adjacent to an activating group) is 1. The molecule has 1 aromatic rings. The van der Waals surface area contributed by atoms with Crippen molar-refractivity contribution >= 4 is 0 Å². The number of hydrogen-bond donors (Lipinski definition) is 1. The Morgan fingerprint density at radius 1 is 1.35 bits per heavy atom. The van der Waals surface area contributed by atoms with Gasteiger partial charge in [-0.25, -0.2) is 4.79 Å². The molecular formula is C11H19N3O3. The van der Waals surface area contributed by atoms with E-state index in [-0.39, 0.29) is 11.2 Å². The van der Waals surface area contributed by atoms with E-state index >= 15 is 0 Å². The maximum atomic E-state index is 11.7. The van der Waals surface area contributed by atoms with Crippen molar-refractivity contribution in [3.63, 3.8) is 0 Å². The number of rotatable bonds is 4. The van der Waals surface area contributed by atoms with Crippen molar-refractivity contribution in [1.29, 1.82) is 0 Å². The van der Waals surface area contributed by atoms with Gasteiger partial charge in [-0.2, -0.15) is 0 Å². The standard InChI is InChI=1S/C11H19N3O3/c1-8(15)6-12(2)7-9-5-10(16)14(4)11(17)13(9)3/h5,8,15H,6-7H2,1-4H3. The average molecular weight is 241 g/mol. The Balaban J connectivity index is 3.01. The van der Waals surface area contributed by atoms with Crippen LogP contribution in [0.5, 0.6) is 0 Å². The summed E-state index contributed by atoms with van der Waals surface area (Å²) in [6.45, 7) is 2.63. The highest BCUT2D eigenvalue weighted by Gasteiger charge is 2.09. The summed E-state index contributed by atoms with van der Waals surface area (Å²) in [5, 5.41) is 9.25. The Bertz CT molecular complexity index is 502. The van der Waals surface area contributed by atoms with Crippen LogP contribution in [0.2, 0.25) is 0 Å². The summed E-state index contributed by atoms with van der Waals surface area (Å²) in [5.41, 5.74) is -0.00672. The van der Waals surface area contributed by atoms with Gasteiger partial charge in [-0.3, -0.25) is 18.8 Å². The maximum Gasteiger partial charge on any atom is 0.330 e. The first-order valence-electron chi connectivity index (χ1n) is 5.45. The monoisotopic (exact) mass is 241 g/mol. The topological polar surface area (TPSA) is 67.5 Å². The fraction of sp³-hybridized carbons (Fsp3) is 0.636. The van der Waals surface area contributed by atoms with Gasteiger partial charge in [0.1, 0.15) is 0 Å². The van der Waals surface area contributed by atoms with Gasteiger partial charge < -0.3 is 5.11 Å². The molecule has 6 heteroatoms. The smallest absolute Gasteiger partial charge is 0.330 e. The van der Waals surface area contributed by atoms with Crippen LogP contribution in [0.4, 0.5) is 0 Å². The first kappa shape index (κ1) is 13.7. The number of hydrogen-bond acceptors (Lipinski definition) is 4. The minimum absolute atomic E-state index is 0.312. The summed E-state index contributed by atoms with van der Waals surface area (Å²) in [4.78, 5) is 25.0. The van der Waals surface area contributed by atoms with E-state index in [1.54, 1.807) is 14.0 Å². The zero-order chi connectivity index (χ0) is 13.2. The minimum Gasteiger partial charge on any atom is -0.392 e. The summed E-state index contributed by atoms with van der Waals surface area (Å²) in [6.07, 6.45) is -0.441. The van der Waals surface area contributed by atoms with E-state index in [2.05, 4.69) is 0 Å². The molecular weight excluding hydrogens is 222 g/mol. The Kier molecular flexibility index (Phi) is 4.25. The van der Waals surface area contributed by atoms with Crippen molar-refractivity contribution in [2.45, 2.75) is 19.6 Å². The van der Waals surface area contributed by atoms with Gasteiger partial charge in [0, 0.05) is 38.9 Å². The maximum absolute atomic E-state index is 11.7. The molecule has 0 amide bonds. The lowest BCUT2D eigenvalue weighted by Gasteiger charge is -2.19. The van der Waals surface area contributed by atoms with Crippen molar-refractivity contribution in [2.24, 2.45) is 14.1 Å². The van der Waals surface area contributed by atoms with E-state index in [1.807, 2.05) is 11.9 Å².